The highest BCUT2D eigenvalue weighted by Gasteiger charge is 2.36. The van der Waals surface area contributed by atoms with Gasteiger partial charge in [0, 0.05) is 45.5 Å². The number of likely N-dealkylation sites (tertiary alicyclic amines) is 1. The van der Waals surface area contributed by atoms with Gasteiger partial charge in [0.25, 0.3) is 0 Å². The molecule has 4 atom stereocenters. The number of urea groups is 1. The number of carbonyl (C=O) groups is 2. The summed E-state index contributed by atoms with van der Waals surface area (Å²) >= 11 is 0. The second kappa shape index (κ2) is 12.8. The lowest BCUT2D eigenvalue weighted by Gasteiger charge is -2.39. The fourth-order valence-corrected chi connectivity index (χ4v) is 4.44. The second-order valence-electron chi connectivity index (χ2n) is 9.43. The fraction of sp³-hybridized carbons (Fsp3) is 0.583. The van der Waals surface area contributed by atoms with Crippen molar-refractivity contribution in [2.45, 2.75) is 44.2 Å². The molecule has 0 saturated carbocycles. The van der Waals surface area contributed by atoms with Crippen LogP contribution < -0.4 is 25.0 Å². The third kappa shape index (κ3) is 7.37. The normalized spacial score (nSPS) is 23.6. The number of alkyl halides is 2. The number of nitrogens with one attached hydrogen (secondary N) is 2. The maximum absolute atomic E-state index is 14.9. The van der Waals surface area contributed by atoms with Crippen molar-refractivity contribution in [2.24, 2.45) is 0 Å². The maximum atomic E-state index is 14.9. The van der Waals surface area contributed by atoms with Crippen molar-refractivity contribution < 1.29 is 27.8 Å². The first-order valence-electron chi connectivity index (χ1n) is 12.7. The first-order valence-corrected chi connectivity index (χ1v) is 12.7. The molecule has 0 unspecified atom stereocenters. The van der Waals surface area contributed by atoms with E-state index in [1.54, 1.807) is 4.90 Å². The van der Waals surface area contributed by atoms with E-state index in [2.05, 4.69) is 30.6 Å². The molecule has 0 aliphatic carbocycles. The van der Waals surface area contributed by atoms with Crippen LogP contribution in [-0.4, -0.2) is 113 Å². The van der Waals surface area contributed by atoms with Gasteiger partial charge in [-0.15, -0.1) is 0 Å². The molecule has 0 radical (unpaired) electrons. The van der Waals surface area contributed by atoms with Gasteiger partial charge >= 0.3 is 12.1 Å². The van der Waals surface area contributed by atoms with Crippen LogP contribution in [0.4, 0.5) is 30.1 Å². The molecule has 2 aromatic rings. The van der Waals surface area contributed by atoms with Crippen molar-refractivity contribution in [3.63, 3.8) is 0 Å². The number of aromatic nitrogens is 4. The Bertz CT molecular complexity index is 1130. The molecule has 0 aromatic carbocycles. The summed E-state index contributed by atoms with van der Waals surface area (Å²) in [6.07, 6.45) is 1.34. The SMILES string of the molecule is CCOc1cnc(NC(=O)N(C)[C@H]2CN(c3nccc(OC(=O)N[C@H]4CN(C)CC[C@H]4F)n3)CC[C@H]2F)cn1. The Morgan fingerprint density at radius 1 is 1.10 bits per heavy atom. The van der Waals surface area contributed by atoms with E-state index in [9.17, 15) is 18.4 Å². The molecule has 2 N–H and O–H groups in total. The largest absolute Gasteiger partial charge is 0.477 e. The summed E-state index contributed by atoms with van der Waals surface area (Å²) in [5.41, 5.74) is 0. The van der Waals surface area contributed by atoms with E-state index >= 15 is 0 Å². The van der Waals surface area contributed by atoms with Crippen LogP contribution in [0.1, 0.15) is 19.8 Å². The zero-order chi connectivity index (χ0) is 27.9. The molecule has 4 heterocycles. The van der Waals surface area contributed by atoms with Crippen LogP contribution >= 0.6 is 0 Å². The Balaban J connectivity index is 1.35. The van der Waals surface area contributed by atoms with Crippen molar-refractivity contribution in [3.05, 3.63) is 24.7 Å². The summed E-state index contributed by atoms with van der Waals surface area (Å²) in [4.78, 5) is 46.7. The molecule has 2 aliphatic heterocycles. The van der Waals surface area contributed by atoms with Crippen LogP contribution in [0.2, 0.25) is 0 Å². The second-order valence-corrected chi connectivity index (χ2v) is 9.43. The van der Waals surface area contributed by atoms with Crippen molar-refractivity contribution in [3.8, 4) is 11.8 Å². The zero-order valence-corrected chi connectivity index (χ0v) is 22.1. The highest BCUT2D eigenvalue weighted by molar-refractivity contribution is 5.88. The summed E-state index contributed by atoms with van der Waals surface area (Å²) in [6.45, 7) is 3.64. The number of halogens is 2. The fourth-order valence-electron chi connectivity index (χ4n) is 4.44. The minimum atomic E-state index is -1.28. The Hall–Kier alpha value is -3.88. The lowest BCUT2D eigenvalue weighted by atomic mass is 10.0. The van der Waals surface area contributed by atoms with Gasteiger partial charge in [0.05, 0.1) is 31.1 Å². The van der Waals surface area contributed by atoms with E-state index in [4.69, 9.17) is 9.47 Å². The Morgan fingerprint density at radius 3 is 2.64 bits per heavy atom. The van der Waals surface area contributed by atoms with E-state index in [-0.39, 0.29) is 30.6 Å². The highest BCUT2D eigenvalue weighted by atomic mass is 19.1. The molecule has 2 aromatic heterocycles. The summed E-state index contributed by atoms with van der Waals surface area (Å²) in [7, 11) is 3.34. The van der Waals surface area contributed by atoms with Gasteiger partial charge in [-0.3, -0.25) is 5.32 Å². The number of anilines is 2. The Kier molecular flexibility index (Phi) is 9.22. The molecule has 13 nitrogen and oxygen atoms in total. The van der Waals surface area contributed by atoms with Gasteiger partial charge < -0.3 is 29.5 Å². The van der Waals surface area contributed by atoms with Gasteiger partial charge in [-0.1, -0.05) is 0 Å². The van der Waals surface area contributed by atoms with Crippen LogP contribution in [0.25, 0.3) is 0 Å². The number of rotatable bonds is 7. The van der Waals surface area contributed by atoms with E-state index in [0.717, 1.165) is 0 Å². The molecule has 0 spiro atoms. The molecule has 2 fully saturated rings. The molecule has 212 valence electrons. The predicted molar refractivity (Wildman–Crippen MR) is 137 cm³/mol. The molecule has 2 aliphatic rings. The van der Waals surface area contributed by atoms with Crippen molar-refractivity contribution in [1.29, 1.82) is 0 Å². The van der Waals surface area contributed by atoms with Gasteiger partial charge in [-0.2, -0.15) is 4.98 Å². The average Bonchev–Trinajstić information content (AvgIpc) is 2.92. The van der Waals surface area contributed by atoms with Crippen LogP contribution in [0.3, 0.4) is 0 Å². The number of hydrogen-bond acceptors (Lipinski definition) is 10. The molecule has 39 heavy (non-hydrogen) atoms. The minimum absolute atomic E-state index is 0.0313. The smallest absolute Gasteiger partial charge is 0.414 e. The molecule has 2 saturated heterocycles. The summed E-state index contributed by atoms with van der Waals surface area (Å²) in [5.74, 6) is 0.705. The quantitative estimate of drug-likeness (QED) is 0.527. The number of ether oxygens (including phenoxy) is 2. The summed E-state index contributed by atoms with van der Waals surface area (Å²) < 4.78 is 39.6. The third-order valence-electron chi connectivity index (χ3n) is 6.61. The van der Waals surface area contributed by atoms with E-state index in [0.29, 0.717) is 38.5 Å². The molecule has 0 bridgehead atoms. The van der Waals surface area contributed by atoms with Crippen molar-refractivity contribution >= 4 is 23.9 Å². The number of amides is 3. The molecule has 15 heteroatoms. The topological polar surface area (TPSA) is 138 Å². The lowest BCUT2D eigenvalue weighted by Crippen LogP contribution is -2.55. The van der Waals surface area contributed by atoms with Gasteiger partial charge in [0.1, 0.15) is 12.3 Å². The average molecular weight is 550 g/mol. The number of hydrogen-bond donors (Lipinski definition) is 2. The number of nitrogens with zero attached hydrogens (tertiary/aromatic N) is 7. The van der Waals surface area contributed by atoms with Crippen LogP contribution in [0, 0.1) is 0 Å². The van der Waals surface area contributed by atoms with Crippen molar-refractivity contribution in [1.82, 2.24) is 35.1 Å². The number of piperidine rings is 2. The van der Waals surface area contributed by atoms with E-state index in [1.165, 1.54) is 36.6 Å². The monoisotopic (exact) mass is 549 g/mol. The molecular weight excluding hydrogens is 516 g/mol. The van der Waals surface area contributed by atoms with Crippen LogP contribution in [0.5, 0.6) is 11.8 Å². The third-order valence-corrected chi connectivity index (χ3v) is 6.61. The van der Waals surface area contributed by atoms with E-state index < -0.39 is 36.6 Å². The van der Waals surface area contributed by atoms with Crippen LogP contribution in [0.15, 0.2) is 24.7 Å². The Morgan fingerprint density at radius 2 is 1.90 bits per heavy atom. The van der Waals surface area contributed by atoms with Crippen LogP contribution in [-0.2, 0) is 0 Å². The number of likely N-dealkylation sites (N-methyl/N-ethyl adjacent to an activating group) is 2. The molecular formula is C24H33F2N9O4. The molecule has 3 amide bonds. The lowest BCUT2D eigenvalue weighted by molar-refractivity contribution is 0.120. The maximum Gasteiger partial charge on any atom is 0.414 e. The highest BCUT2D eigenvalue weighted by Crippen LogP contribution is 2.24. The standard InChI is InChI=1S/C24H33F2N9O4/c1-4-38-21-12-28-19(11-29-21)31-23(36)34(3)18-14-35(10-7-16(18)26)22-27-8-5-20(32-22)39-24(37)30-17-13-33(2)9-6-15(17)25/h5,8,11-12,15-18H,4,6-7,9-10,13-14H2,1-3H3,(H,30,37)(H,28,31,36)/t15-,16-,17+,18+/m1/s1. The first kappa shape index (κ1) is 28.1. The van der Waals surface area contributed by atoms with E-state index in [1.807, 2.05) is 18.9 Å². The Labute approximate surface area is 224 Å². The molecule has 4 rings (SSSR count). The predicted octanol–water partition coefficient (Wildman–Crippen LogP) is 1.88. The van der Waals surface area contributed by atoms with Gasteiger partial charge in [-0.05, 0) is 26.8 Å². The van der Waals surface area contributed by atoms with Gasteiger partial charge in [0.2, 0.25) is 17.7 Å². The summed E-state index contributed by atoms with van der Waals surface area (Å²) in [5, 5.41) is 5.15. The van der Waals surface area contributed by atoms with Gasteiger partial charge in [-0.25, -0.2) is 33.3 Å². The minimum Gasteiger partial charge on any atom is -0.477 e. The number of carbonyl (C=O) groups excluding carboxylic acids is 2. The van der Waals surface area contributed by atoms with Gasteiger partial charge in [0.15, 0.2) is 5.82 Å². The van der Waals surface area contributed by atoms with Crippen molar-refractivity contribution in [2.75, 3.05) is 57.1 Å². The first-order chi connectivity index (χ1) is 18.7. The summed E-state index contributed by atoms with van der Waals surface area (Å²) in [6, 6.07) is -0.648. The zero-order valence-electron chi connectivity index (χ0n) is 22.1.